The maximum absolute atomic E-state index is 12.7. The molecule has 0 aliphatic carbocycles. The summed E-state index contributed by atoms with van der Waals surface area (Å²) in [6.45, 7) is 0.968. The normalized spacial score (nSPS) is 11.8. The van der Waals surface area contributed by atoms with Gasteiger partial charge in [0.25, 0.3) is 10.0 Å². The number of furan rings is 1. The van der Waals surface area contributed by atoms with Crippen molar-refractivity contribution in [3.63, 3.8) is 0 Å². The van der Waals surface area contributed by atoms with Crippen LogP contribution in [0.2, 0.25) is 0 Å². The SMILES string of the molecule is Cc1cc(S(=O)(=O)Nc2cccc(S(=O)(=O)NCc3ccco3)c2)ccc1OCC(=O)O. The van der Waals surface area contributed by atoms with Gasteiger partial charge >= 0.3 is 5.97 Å². The standard InChI is InChI=1S/C20H20N2O8S2/c1-14-10-18(7-8-19(14)30-13-20(23)24)32(27,28)22-15-4-2-6-17(11-15)31(25,26)21-12-16-5-3-9-29-16/h2-11,21-22H,12-13H2,1H3,(H,23,24). The van der Waals surface area contributed by atoms with Gasteiger partial charge in [0.05, 0.1) is 28.3 Å². The minimum Gasteiger partial charge on any atom is -0.482 e. The van der Waals surface area contributed by atoms with Crippen LogP contribution >= 0.6 is 0 Å². The molecule has 0 bridgehead atoms. The molecular weight excluding hydrogens is 460 g/mol. The van der Waals surface area contributed by atoms with Crippen LogP contribution in [-0.2, 0) is 31.4 Å². The highest BCUT2D eigenvalue weighted by Gasteiger charge is 2.19. The van der Waals surface area contributed by atoms with Gasteiger partial charge in [0.15, 0.2) is 6.61 Å². The van der Waals surface area contributed by atoms with Gasteiger partial charge in [-0.2, -0.15) is 0 Å². The van der Waals surface area contributed by atoms with Crippen LogP contribution in [0.15, 0.2) is 75.1 Å². The topological polar surface area (TPSA) is 152 Å². The monoisotopic (exact) mass is 480 g/mol. The highest BCUT2D eigenvalue weighted by Crippen LogP contribution is 2.24. The summed E-state index contributed by atoms with van der Waals surface area (Å²) in [5, 5.41) is 8.69. The zero-order valence-electron chi connectivity index (χ0n) is 16.8. The fourth-order valence-electron chi connectivity index (χ4n) is 2.69. The summed E-state index contributed by atoms with van der Waals surface area (Å²) in [7, 11) is -7.96. The average Bonchev–Trinajstić information content (AvgIpc) is 3.25. The Labute approximate surface area is 184 Å². The number of nitrogens with one attached hydrogen (secondary N) is 2. The Morgan fingerprint density at radius 3 is 2.41 bits per heavy atom. The van der Waals surface area contributed by atoms with E-state index in [4.69, 9.17) is 14.3 Å². The molecule has 3 rings (SSSR count). The molecule has 0 unspecified atom stereocenters. The maximum Gasteiger partial charge on any atom is 0.341 e. The molecule has 12 heteroatoms. The first-order valence-electron chi connectivity index (χ1n) is 9.17. The number of hydrogen-bond acceptors (Lipinski definition) is 7. The Bertz CT molecular complexity index is 1320. The highest BCUT2D eigenvalue weighted by molar-refractivity contribution is 7.92. The lowest BCUT2D eigenvalue weighted by molar-refractivity contribution is -0.139. The van der Waals surface area contributed by atoms with Crippen LogP contribution in [-0.4, -0.2) is 34.5 Å². The van der Waals surface area contributed by atoms with Gasteiger partial charge in [-0.15, -0.1) is 0 Å². The molecule has 0 fully saturated rings. The van der Waals surface area contributed by atoms with Crippen LogP contribution in [0.5, 0.6) is 5.75 Å². The van der Waals surface area contributed by atoms with E-state index in [0.717, 1.165) is 0 Å². The highest BCUT2D eigenvalue weighted by atomic mass is 32.2. The molecule has 2 aromatic carbocycles. The summed E-state index contributed by atoms with van der Waals surface area (Å²) in [4.78, 5) is 10.4. The number of aryl methyl sites for hydroxylation is 1. The molecule has 0 amide bonds. The van der Waals surface area contributed by atoms with Crippen molar-refractivity contribution in [2.45, 2.75) is 23.3 Å². The first-order valence-corrected chi connectivity index (χ1v) is 12.1. The Morgan fingerprint density at radius 2 is 1.75 bits per heavy atom. The molecule has 1 aromatic heterocycles. The molecule has 0 radical (unpaired) electrons. The number of ether oxygens (including phenoxy) is 1. The van der Waals surface area contributed by atoms with Crippen molar-refractivity contribution in [1.29, 1.82) is 0 Å². The second-order valence-corrected chi connectivity index (χ2v) is 10.1. The number of carboxylic acids is 1. The van der Waals surface area contributed by atoms with Crippen molar-refractivity contribution in [1.82, 2.24) is 4.72 Å². The molecule has 10 nitrogen and oxygen atoms in total. The number of hydrogen-bond donors (Lipinski definition) is 3. The van der Waals surface area contributed by atoms with Crippen molar-refractivity contribution in [3.8, 4) is 5.75 Å². The number of sulfonamides is 2. The molecule has 1 heterocycles. The summed E-state index contributed by atoms with van der Waals surface area (Å²) in [6.07, 6.45) is 1.42. The number of benzene rings is 2. The van der Waals surface area contributed by atoms with E-state index in [0.29, 0.717) is 11.3 Å². The van der Waals surface area contributed by atoms with Crippen molar-refractivity contribution in [2.24, 2.45) is 0 Å². The van der Waals surface area contributed by atoms with Gasteiger partial charge in [-0.3, -0.25) is 4.72 Å². The molecule has 0 aliphatic heterocycles. The van der Waals surface area contributed by atoms with Gasteiger partial charge in [-0.25, -0.2) is 26.4 Å². The van der Waals surface area contributed by atoms with Gasteiger partial charge in [-0.1, -0.05) is 6.07 Å². The van der Waals surface area contributed by atoms with Crippen LogP contribution in [0.3, 0.4) is 0 Å². The summed E-state index contributed by atoms with van der Waals surface area (Å²) in [5.41, 5.74) is 0.474. The molecule has 3 N–H and O–H groups in total. The zero-order chi connectivity index (χ0) is 23.4. The number of carboxylic acid groups (broad SMARTS) is 1. The van der Waals surface area contributed by atoms with Crippen molar-refractivity contribution in [3.05, 3.63) is 72.2 Å². The molecule has 3 aromatic rings. The Balaban J connectivity index is 1.76. The number of rotatable bonds is 10. The first-order chi connectivity index (χ1) is 15.1. The predicted octanol–water partition coefficient (Wildman–Crippen LogP) is 2.33. The lowest BCUT2D eigenvalue weighted by atomic mass is 10.2. The fourth-order valence-corrected chi connectivity index (χ4v) is 4.87. The fraction of sp³-hybridized carbons (Fsp3) is 0.150. The predicted molar refractivity (Wildman–Crippen MR) is 114 cm³/mol. The Kier molecular flexibility index (Phi) is 6.87. The zero-order valence-corrected chi connectivity index (χ0v) is 18.4. The third kappa shape index (κ3) is 5.87. The van der Waals surface area contributed by atoms with Crippen LogP contribution in [0, 0.1) is 6.92 Å². The van der Waals surface area contributed by atoms with Gasteiger partial charge in [0.2, 0.25) is 10.0 Å². The van der Waals surface area contributed by atoms with Crippen molar-refractivity contribution < 1.29 is 35.9 Å². The molecule has 0 saturated heterocycles. The van der Waals surface area contributed by atoms with E-state index in [1.807, 2.05) is 0 Å². The Hall–Kier alpha value is -3.35. The largest absolute Gasteiger partial charge is 0.482 e. The third-order valence-corrected chi connectivity index (χ3v) is 7.00. The van der Waals surface area contributed by atoms with Crippen LogP contribution in [0.25, 0.3) is 0 Å². The summed E-state index contributed by atoms with van der Waals surface area (Å²) in [6, 6.07) is 12.5. The molecule has 0 spiro atoms. The van der Waals surface area contributed by atoms with Crippen molar-refractivity contribution >= 4 is 31.7 Å². The number of carbonyl (C=O) groups is 1. The summed E-state index contributed by atoms with van der Waals surface area (Å²) >= 11 is 0. The minimum absolute atomic E-state index is 0.0507. The van der Waals surface area contributed by atoms with E-state index in [9.17, 15) is 21.6 Å². The second kappa shape index (κ2) is 9.42. The van der Waals surface area contributed by atoms with E-state index in [-0.39, 0.29) is 27.8 Å². The molecule has 0 saturated carbocycles. The van der Waals surface area contributed by atoms with Crippen LogP contribution in [0.1, 0.15) is 11.3 Å². The van der Waals surface area contributed by atoms with E-state index >= 15 is 0 Å². The quantitative estimate of drug-likeness (QED) is 0.400. The number of aliphatic carboxylic acids is 1. The average molecular weight is 481 g/mol. The Morgan fingerprint density at radius 1 is 1.00 bits per heavy atom. The van der Waals surface area contributed by atoms with Crippen LogP contribution < -0.4 is 14.2 Å². The van der Waals surface area contributed by atoms with Gasteiger partial charge in [-0.05, 0) is 61.0 Å². The van der Waals surface area contributed by atoms with Gasteiger partial charge < -0.3 is 14.3 Å². The molecule has 0 aliphatic rings. The van der Waals surface area contributed by atoms with Crippen molar-refractivity contribution in [2.75, 3.05) is 11.3 Å². The van der Waals surface area contributed by atoms with Crippen LogP contribution in [0.4, 0.5) is 5.69 Å². The molecule has 170 valence electrons. The van der Waals surface area contributed by atoms with E-state index in [1.54, 1.807) is 19.1 Å². The molecular formula is C20H20N2O8S2. The second-order valence-electron chi connectivity index (χ2n) is 6.65. The van der Waals surface area contributed by atoms with E-state index in [2.05, 4.69) is 9.44 Å². The smallest absolute Gasteiger partial charge is 0.341 e. The lowest BCUT2D eigenvalue weighted by Crippen LogP contribution is -2.23. The number of anilines is 1. The third-order valence-electron chi connectivity index (χ3n) is 4.22. The molecule has 0 atom stereocenters. The van der Waals surface area contributed by atoms with E-state index in [1.165, 1.54) is 48.7 Å². The summed E-state index contributed by atoms with van der Waals surface area (Å²) < 4.78 is 65.4. The maximum atomic E-state index is 12.7. The first kappa shape index (κ1) is 23.3. The minimum atomic E-state index is -4.05. The van der Waals surface area contributed by atoms with E-state index < -0.39 is 32.6 Å². The van der Waals surface area contributed by atoms with Gasteiger partial charge in [0, 0.05) is 0 Å². The van der Waals surface area contributed by atoms with Gasteiger partial charge in [0.1, 0.15) is 11.5 Å². The molecule has 32 heavy (non-hydrogen) atoms. The summed E-state index contributed by atoms with van der Waals surface area (Å²) in [5.74, 6) is -0.491. The lowest BCUT2D eigenvalue weighted by Gasteiger charge is -2.12.